The molecule has 1 rings (SSSR count). The largest absolute Gasteiger partial charge is 0.468 e. The number of carbonyl (C=O) groups is 1. The predicted molar refractivity (Wildman–Crippen MR) is 78.1 cm³/mol. The van der Waals surface area contributed by atoms with Crippen molar-refractivity contribution >= 4 is 5.97 Å². The lowest BCUT2D eigenvalue weighted by Crippen LogP contribution is -2.48. The van der Waals surface area contributed by atoms with Crippen molar-refractivity contribution in [2.75, 3.05) is 7.11 Å². The van der Waals surface area contributed by atoms with Gasteiger partial charge in [0.1, 0.15) is 6.04 Å². The summed E-state index contributed by atoms with van der Waals surface area (Å²) in [4.78, 5) is 11.7. The minimum atomic E-state index is -0.228. The average Bonchev–Trinajstić information content (AvgIpc) is 2.36. The number of aryl methyl sites for hydroxylation is 1. The molecule has 0 spiro atoms. The summed E-state index contributed by atoms with van der Waals surface area (Å²) in [6.07, 6.45) is 2.74. The van der Waals surface area contributed by atoms with Gasteiger partial charge in [0.25, 0.3) is 0 Å². The Morgan fingerprint density at radius 1 is 1.26 bits per heavy atom. The number of nitrogens with one attached hydrogen (secondary N) is 1. The first kappa shape index (κ1) is 15.7. The van der Waals surface area contributed by atoms with Gasteiger partial charge < -0.3 is 4.74 Å². The number of ether oxygens (including phenoxy) is 1. The van der Waals surface area contributed by atoms with E-state index in [0.717, 1.165) is 19.3 Å². The van der Waals surface area contributed by atoms with Crippen LogP contribution in [0.1, 0.15) is 39.2 Å². The van der Waals surface area contributed by atoms with Crippen LogP contribution in [0.15, 0.2) is 30.3 Å². The molecule has 1 unspecified atom stereocenters. The number of carbonyl (C=O) groups excluding carboxylic acids is 1. The second-order valence-corrected chi connectivity index (χ2v) is 5.85. The third-order valence-corrected chi connectivity index (χ3v) is 2.89. The number of hydrogen-bond acceptors (Lipinski definition) is 3. The Bertz CT molecular complexity index is 381. The first-order chi connectivity index (χ1) is 8.92. The average molecular weight is 263 g/mol. The topological polar surface area (TPSA) is 38.3 Å². The summed E-state index contributed by atoms with van der Waals surface area (Å²) in [6.45, 7) is 6.17. The molecule has 0 heterocycles. The van der Waals surface area contributed by atoms with Crippen LogP contribution in [0, 0.1) is 0 Å². The van der Waals surface area contributed by atoms with E-state index in [9.17, 15) is 4.79 Å². The summed E-state index contributed by atoms with van der Waals surface area (Å²) in [7, 11) is 1.44. The van der Waals surface area contributed by atoms with Gasteiger partial charge >= 0.3 is 5.97 Å². The summed E-state index contributed by atoms with van der Waals surface area (Å²) in [5.74, 6) is -0.178. The molecule has 0 aliphatic carbocycles. The predicted octanol–water partition coefficient (Wildman–Crippen LogP) is 2.94. The Hall–Kier alpha value is -1.35. The molecule has 0 amide bonds. The lowest BCUT2D eigenvalue weighted by molar-refractivity contribution is -0.143. The summed E-state index contributed by atoms with van der Waals surface area (Å²) in [5.41, 5.74) is 1.22. The fourth-order valence-corrected chi connectivity index (χ4v) is 2.07. The molecule has 0 bridgehead atoms. The SMILES string of the molecule is COC(=O)C(CCCc1ccccc1)NC(C)(C)C. The zero-order chi connectivity index (χ0) is 14.3. The highest BCUT2D eigenvalue weighted by atomic mass is 16.5. The standard InChI is InChI=1S/C16H25NO2/c1-16(2,3)17-14(15(18)19-4)12-8-11-13-9-6-5-7-10-13/h5-7,9-10,14,17H,8,11-12H2,1-4H3. The van der Waals surface area contributed by atoms with Crippen molar-refractivity contribution in [2.45, 2.75) is 51.6 Å². The third kappa shape index (κ3) is 6.39. The van der Waals surface area contributed by atoms with Crippen molar-refractivity contribution in [3.05, 3.63) is 35.9 Å². The van der Waals surface area contributed by atoms with E-state index in [-0.39, 0.29) is 17.6 Å². The van der Waals surface area contributed by atoms with Crippen LogP contribution in [0.4, 0.5) is 0 Å². The maximum atomic E-state index is 11.7. The van der Waals surface area contributed by atoms with E-state index in [1.165, 1.54) is 12.7 Å². The summed E-state index contributed by atoms with van der Waals surface area (Å²) < 4.78 is 4.86. The van der Waals surface area contributed by atoms with Crippen LogP contribution in [0.2, 0.25) is 0 Å². The van der Waals surface area contributed by atoms with Crippen LogP contribution >= 0.6 is 0 Å². The molecule has 0 aromatic heterocycles. The fraction of sp³-hybridized carbons (Fsp3) is 0.562. The molecule has 0 fully saturated rings. The van der Waals surface area contributed by atoms with Gasteiger partial charge in [-0.2, -0.15) is 0 Å². The maximum absolute atomic E-state index is 11.7. The zero-order valence-corrected chi connectivity index (χ0v) is 12.4. The lowest BCUT2D eigenvalue weighted by Gasteiger charge is -2.26. The van der Waals surface area contributed by atoms with Crippen molar-refractivity contribution in [3.63, 3.8) is 0 Å². The van der Waals surface area contributed by atoms with Crippen LogP contribution in [0.3, 0.4) is 0 Å². The molecule has 3 heteroatoms. The van der Waals surface area contributed by atoms with Crippen LogP contribution < -0.4 is 5.32 Å². The molecule has 3 nitrogen and oxygen atoms in total. The molecular weight excluding hydrogens is 238 g/mol. The molecule has 0 radical (unpaired) electrons. The van der Waals surface area contributed by atoms with E-state index in [2.05, 4.69) is 38.2 Å². The van der Waals surface area contributed by atoms with E-state index in [4.69, 9.17) is 4.74 Å². The molecule has 1 aromatic carbocycles. The summed E-state index contributed by atoms with van der Waals surface area (Å²) in [6, 6.07) is 10.1. The van der Waals surface area contributed by atoms with Crippen LogP contribution in [-0.4, -0.2) is 24.7 Å². The van der Waals surface area contributed by atoms with Gasteiger partial charge in [-0.05, 0) is 45.6 Å². The van der Waals surface area contributed by atoms with Gasteiger partial charge in [0.15, 0.2) is 0 Å². The van der Waals surface area contributed by atoms with Gasteiger partial charge in [-0.15, -0.1) is 0 Å². The summed E-state index contributed by atoms with van der Waals surface area (Å²) in [5, 5.41) is 3.32. The van der Waals surface area contributed by atoms with E-state index in [1.807, 2.05) is 18.2 Å². The monoisotopic (exact) mass is 263 g/mol. The highest BCUT2D eigenvalue weighted by Gasteiger charge is 2.23. The Labute approximate surface area is 116 Å². The van der Waals surface area contributed by atoms with E-state index < -0.39 is 0 Å². The first-order valence-corrected chi connectivity index (χ1v) is 6.82. The lowest BCUT2D eigenvalue weighted by atomic mass is 10.0. The van der Waals surface area contributed by atoms with Crippen LogP contribution in [0.25, 0.3) is 0 Å². The minimum absolute atomic E-state index is 0.0917. The Morgan fingerprint density at radius 2 is 1.89 bits per heavy atom. The Balaban J connectivity index is 2.47. The number of hydrogen-bond donors (Lipinski definition) is 1. The number of rotatable bonds is 6. The van der Waals surface area contributed by atoms with Crippen molar-refractivity contribution < 1.29 is 9.53 Å². The van der Waals surface area contributed by atoms with Crippen molar-refractivity contribution in [1.29, 1.82) is 0 Å². The van der Waals surface area contributed by atoms with Crippen molar-refractivity contribution in [3.8, 4) is 0 Å². The zero-order valence-electron chi connectivity index (χ0n) is 12.4. The smallest absolute Gasteiger partial charge is 0.322 e. The molecule has 0 saturated carbocycles. The second kappa shape index (κ2) is 7.29. The molecule has 0 aliphatic heterocycles. The molecular formula is C16H25NO2. The molecule has 1 N–H and O–H groups in total. The van der Waals surface area contributed by atoms with Gasteiger partial charge in [-0.25, -0.2) is 0 Å². The van der Waals surface area contributed by atoms with E-state index in [1.54, 1.807) is 0 Å². The van der Waals surface area contributed by atoms with Crippen LogP contribution in [0.5, 0.6) is 0 Å². The van der Waals surface area contributed by atoms with Gasteiger partial charge in [0.05, 0.1) is 7.11 Å². The van der Waals surface area contributed by atoms with E-state index in [0.29, 0.717) is 0 Å². The molecule has 1 aromatic rings. The van der Waals surface area contributed by atoms with Crippen molar-refractivity contribution in [2.24, 2.45) is 0 Å². The minimum Gasteiger partial charge on any atom is -0.468 e. The number of esters is 1. The van der Waals surface area contributed by atoms with Crippen molar-refractivity contribution in [1.82, 2.24) is 5.32 Å². The van der Waals surface area contributed by atoms with Gasteiger partial charge in [-0.1, -0.05) is 30.3 Å². The van der Waals surface area contributed by atoms with Crippen LogP contribution in [-0.2, 0) is 16.0 Å². The molecule has 1 atom stereocenters. The molecule has 19 heavy (non-hydrogen) atoms. The van der Waals surface area contributed by atoms with Gasteiger partial charge in [-0.3, -0.25) is 10.1 Å². The fourth-order valence-electron chi connectivity index (χ4n) is 2.07. The highest BCUT2D eigenvalue weighted by molar-refractivity contribution is 5.75. The first-order valence-electron chi connectivity index (χ1n) is 6.82. The third-order valence-electron chi connectivity index (χ3n) is 2.89. The Kier molecular flexibility index (Phi) is 6.03. The second-order valence-electron chi connectivity index (χ2n) is 5.85. The maximum Gasteiger partial charge on any atom is 0.322 e. The molecule has 0 aliphatic rings. The molecule has 106 valence electrons. The normalized spacial score (nSPS) is 13.1. The number of methoxy groups -OCH3 is 1. The quantitative estimate of drug-likeness (QED) is 0.802. The number of benzene rings is 1. The molecule has 0 saturated heterocycles. The van der Waals surface area contributed by atoms with Gasteiger partial charge in [0.2, 0.25) is 0 Å². The Morgan fingerprint density at radius 3 is 2.42 bits per heavy atom. The summed E-state index contributed by atoms with van der Waals surface area (Å²) >= 11 is 0. The van der Waals surface area contributed by atoms with E-state index >= 15 is 0 Å². The van der Waals surface area contributed by atoms with Gasteiger partial charge in [0, 0.05) is 5.54 Å². The highest BCUT2D eigenvalue weighted by Crippen LogP contribution is 2.10.